The Hall–Kier alpha value is -0.170. The first-order valence-electron chi connectivity index (χ1n) is 3.15. The Morgan fingerprint density at radius 2 is 2.18 bits per heavy atom. The van der Waals surface area contributed by atoms with E-state index in [-0.39, 0.29) is 12.7 Å². The van der Waals surface area contributed by atoms with Gasteiger partial charge in [0.1, 0.15) is 12.2 Å². The van der Waals surface area contributed by atoms with Crippen LogP contribution in [0.3, 0.4) is 0 Å². The number of hydrogen-bond acceptors (Lipinski definition) is 5. The molecule has 11 heavy (non-hydrogen) atoms. The SMILES string of the molecule is CO[C@H]1COS(=O)(=O)OC1C. The molecule has 1 fully saturated rings. The van der Waals surface area contributed by atoms with Crippen LogP contribution >= 0.6 is 0 Å². The van der Waals surface area contributed by atoms with Crippen molar-refractivity contribution in [2.75, 3.05) is 13.7 Å². The summed E-state index contributed by atoms with van der Waals surface area (Å²) in [6, 6.07) is 0. The maximum absolute atomic E-state index is 10.6. The molecular weight excluding hydrogens is 172 g/mol. The monoisotopic (exact) mass is 182 g/mol. The molecule has 0 bridgehead atoms. The van der Waals surface area contributed by atoms with Gasteiger partial charge in [-0.25, -0.2) is 8.37 Å². The summed E-state index contributed by atoms with van der Waals surface area (Å²) in [6.45, 7) is 1.65. The second-order valence-electron chi connectivity index (χ2n) is 2.27. The topological polar surface area (TPSA) is 61.8 Å². The molecule has 0 aromatic rings. The van der Waals surface area contributed by atoms with Crippen molar-refractivity contribution < 1.29 is 21.5 Å². The minimum Gasteiger partial charge on any atom is -0.376 e. The standard InChI is InChI=1S/C5H10O5S/c1-4-5(8-2)3-9-11(6,7)10-4/h4-5H,3H2,1-2H3/t4?,5-/m0/s1. The van der Waals surface area contributed by atoms with Crippen molar-refractivity contribution in [2.24, 2.45) is 0 Å². The average Bonchev–Trinajstić information content (AvgIpc) is 1.86. The van der Waals surface area contributed by atoms with Crippen LogP contribution in [-0.4, -0.2) is 34.3 Å². The number of ether oxygens (including phenoxy) is 1. The van der Waals surface area contributed by atoms with Crippen molar-refractivity contribution in [3.8, 4) is 0 Å². The van der Waals surface area contributed by atoms with Gasteiger partial charge in [-0.1, -0.05) is 0 Å². The molecule has 5 nitrogen and oxygen atoms in total. The van der Waals surface area contributed by atoms with Crippen LogP contribution in [0, 0.1) is 0 Å². The zero-order valence-electron chi connectivity index (χ0n) is 6.31. The molecule has 1 aliphatic rings. The van der Waals surface area contributed by atoms with E-state index in [1.807, 2.05) is 0 Å². The molecule has 1 saturated heterocycles. The van der Waals surface area contributed by atoms with E-state index in [2.05, 4.69) is 8.37 Å². The number of rotatable bonds is 1. The summed E-state index contributed by atoms with van der Waals surface area (Å²) < 4.78 is 35.0. The summed E-state index contributed by atoms with van der Waals surface area (Å²) in [5.41, 5.74) is 0. The van der Waals surface area contributed by atoms with E-state index in [0.29, 0.717) is 0 Å². The molecule has 66 valence electrons. The van der Waals surface area contributed by atoms with Crippen molar-refractivity contribution in [1.29, 1.82) is 0 Å². The number of hydrogen-bond donors (Lipinski definition) is 0. The maximum Gasteiger partial charge on any atom is 0.400 e. The van der Waals surface area contributed by atoms with Crippen LogP contribution in [0.15, 0.2) is 0 Å². The molecule has 6 heteroatoms. The zero-order valence-corrected chi connectivity index (χ0v) is 7.13. The Morgan fingerprint density at radius 3 is 2.64 bits per heavy atom. The largest absolute Gasteiger partial charge is 0.400 e. The van der Waals surface area contributed by atoms with Gasteiger partial charge in [0.2, 0.25) is 0 Å². The predicted molar refractivity (Wildman–Crippen MR) is 36.2 cm³/mol. The molecule has 0 radical (unpaired) electrons. The highest BCUT2D eigenvalue weighted by molar-refractivity contribution is 7.81. The Morgan fingerprint density at radius 1 is 1.55 bits per heavy atom. The van der Waals surface area contributed by atoms with Gasteiger partial charge in [0.05, 0.1) is 6.61 Å². The highest BCUT2D eigenvalue weighted by Crippen LogP contribution is 2.15. The lowest BCUT2D eigenvalue weighted by atomic mass is 10.2. The zero-order chi connectivity index (χ0) is 8.48. The molecule has 1 heterocycles. The highest BCUT2D eigenvalue weighted by atomic mass is 32.3. The molecule has 2 atom stereocenters. The summed E-state index contributed by atoms with van der Waals surface area (Å²) >= 11 is 0. The van der Waals surface area contributed by atoms with Crippen LogP contribution in [0.2, 0.25) is 0 Å². The molecule has 1 unspecified atom stereocenters. The fourth-order valence-electron chi connectivity index (χ4n) is 0.821. The summed E-state index contributed by atoms with van der Waals surface area (Å²) in [5, 5.41) is 0. The van der Waals surface area contributed by atoms with Crippen LogP contribution in [-0.2, 0) is 23.5 Å². The van der Waals surface area contributed by atoms with Gasteiger partial charge >= 0.3 is 10.4 Å². The van der Waals surface area contributed by atoms with Crippen LogP contribution in [0.25, 0.3) is 0 Å². The van der Waals surface area contributed by atoms with Crippen molar-refractivity contribution in [3.63, 3.8) is 0 Å². The lowest BCUT2D eigenvalue weighted by Crippen LogP contribution is -2.40. The fourth-order valence-corrected chi connectivity index (χ4v) is 1.67. The summed E-state index contributed by atoms with van der Waals surface area (Å²) in [6.07, 6.45) is -0.780. The van der Waals surface area contributed by atoms with E-state index in [1.165, 1.54) is 7.11 Å². The Balaban J connectivity index is 2.62. The molecule has 0 aromatic heterocycles. The van der Waals surface area contributed by atoms with Gasteiger partial charge in [0.25, 0.3) is 0 Å². The minimum atomic E-state index is -3.75. The molecule has 0 aliphatic carbocycles. The smallest absolute Gasteiger partial charge is 0.376 e. The first-order chi connectivity index (χ1) is 5.05. The van der Waals surface area contributed by atoms with Crippen molar-refractivity contribution in [1.82, 2.24) is 0 Å². The first-order valence-corrected chi connectivity index (χ1v) is 4.49. The Kier molecular flexibility index (Phi) is 2.48. The van der Waals surface area contributed by atoms with Crippen LogP contribution in [0.1, 0.15) is 6.92 Å². The summed E-state index contributed by atoms with van der Waals surface area (Å²) in [7, 11) is -2.28. The molecule has 0 amide bonds. The lowest BCUT2D eigenvalue weighted by Gasteiger charge is -2.26. The summed E-state index contributed by atoms with van der Waals surface area (Å²) in [5.74, 6) is 0. The average molecular weight is 182 g/mol. The van der Waals surface area contributed by atoms with Crippen molar-refractivity contribution >= 4 is 10.4 Å². The predicted octanol–water partition coefficient (Wildman–Crippen LogP) is -0.318. The van der Waals surface area contributed by atoms with Crippen LogP contribution < -0.4 is 0 Å². The lowest BCUT2D eigenvalue weighted by molar-refractivity contribution is -0.0482. The minimum absolute atomic E-state index is 0.0278. The molecule has 0 spiro atoms. The van der Waals surface area contributed by atoms with Gasteiger partial charge < -0.3 is 4.74 Å². The van der Waals surface area contributed by atoms with E-state index in [1.54, 1.807) is 6.92 Å². The van der Waals surface area contributed by atoms with Crippen molar-refractivity contribution in [2.45, 2.75) is 19.1 Å². The van der Waals surface area contributed by atoms with E-state index in [0.717, 1.165) is 0 Å². The maximum atomic E-state index is 10.6. The normalized spacial score (nSPS) is 36.9. The van der Waals surface area contributed by atoms with E-state index in [4.69, 9.17) is 4.74 Å². The van der Waals surface area contributed by atoms with Gasteiger partial charge in [-0.15, -0.1) is 0 Å². The Labute approximate surface area is 65.6 Å². The molecule has 0 aromatic carbocycles. The fraction of sp³-hybridized carbons (Fsp3) is 1.00. The van der Waals surface area contributed by atoms with E-state index < -0.39 is 16.5 Å². The molecular formula is C5H10O5S. The number of methoxy groups -OCH3 is 1. The van der Waals surface area contributed by atoms with E-state index >= 15 is 0 Å². The van der Waals surface area contributed by atoms with E-state index in [9.17, 15) is 8.42 Å². The van der Waals surface area contributed by atoms with Crippen molar-refractivity contribution in [3.05, 3.63) is 0 Å². The second-order valence-corrected chi connectivity index (χ2v) is 3.51. The molecule has 0 N–H and O–H groups in total. The third-order valence-corrected chi connectivity index (χ3v) is 2.44. The van der Waals surface area contributed by atoms with Gasteiger partial charge in [0, 0.05) is 7.11 Å². The van der Waals surface area contributed by atoms with Gasteiger partial charge in [0.15, 0.2) is 0 Å². The van der Waals surface area contributed by atoms with Gasteiger partial charge in [-0.2, -0.15) is 8.42 Å². The van der Waals surface area contributed by atoms with Crippen LogP contribution in [0.5, 0.6) is 0 Å². The summed E-state index contributed by atoms with van der Waals surface area (Å²) in [4.78, 5) is 0. The van der Waals surface area contributed by atoms with Gasteiger partial charge in [-0.3, -0.25) is 0 Å². The molecule has 1 aliphatic heterocycles. The Bertz CT molecular complexity index is 221. The third-order valence-electron chi connectivity index (χ3n) is 1.47. The molecule has 0 saturated carbocycles. The second kappa shape index (κ2) is 3.06. The highest BCUT2D eigenvalue weighted by Gasteiger charge is 2.31. The quantitative estimate of drug-likeness (QED) is 0.556. The van der Waals surface area contributed by atoms with Gasteiger partial charge in [-0.05, 0) is 6.92 Å². The van der Waals surface area contributed by atoms with Crippen LogP contribution in [0.4, 0.5) is 0 Å². The third kappa shape index (κ3) is 2.13. The first kappa shape index (κ1) is 8.92. The molecule has 1 rings (SSSR count).